The number of likely N-dealkylation sites (tertiary alicyclic amines) is 1. The molecule has 1 amide bonds. The highest BCUT2D eigenvalue weighted by atomic mass is 32.2. The van der Waals surface area contributed by atoms with Crippen molar-refractivity contribution >= 4 is 21.7 Å². The molecule has 0 aromatic heterocycles. The van der Waals surface area contributed by atoms with Crippen LogP contribution >= 0.6 is 0 Å². The minimum atomic E-state index is -4.70. The minimum Gasteiger partial charge on any atom is -0.481 e. The summed E-state index contributed by atoms with van der Waals surface area (Å²) in [5, 5.41) is 9.01. The molecule has 1 fully saturated rings. The standard InChI is InChI=1S/C14H15F2NO5S/c15-14(16)23(21,22)11-5-3-9(4-6-11)12(18)17-7-1-2-10(8-17)13(19)20/h3-6,10,14H,1-2,7-8H2,(H,19,20). The van der Waals surface area contributed by atoms with Crippen molar-refractivity contribution in [2.45, 2.75) is 23.5 Å². The Hall–Kier alpha value is -2.03. The number of rotatable bonds is 4. The Balaban J connectivity index is 2.16. The van der Waals surface area contributed by atoms with Crippen molar-refractivity contribution in [3.63, 3.8) is 0 Å². The number of nitrogens with zero attached hydrogens (tertiary/aromatic N) is 1. The van der Waals surface area contributed by atoms with Crippen molar-refractivity contribution < 1.29 is 31.9 Å². The maximum atomic E-state index is 12.4. The molecule has 0 spiro atoms. The Kier molecular flexibility index (Phi) is 4.98. The number of aliphatic carboxylic acids is 1. The van der Waals surface area contributed by atoms with Crippen LogP contribution in [0.3, 0.4) is 0 Å². The summed E-state index contributed by atoms with van der Waals surface area (Å²) in [6.45, 7) is 0.477. The number of hydrogen-bond acceptors (Lipinski definition) is 4. The maximum Gasteiger partial charge on any atom is 0.341 e. The van der Waals surface area contributed by atoms with Crippen LogP contribution in [0, 0.1) is 5.92 Å². The van der Waals surface area contributed by atoms with Gasteiger partial charge in [0, 0.05) is 18.7 Å². The molecule has 1 unspecified atom stereocenters. The summed E-state index contributed by atoms with van der Waals surface area (Å²) in [4.78, 5) is 24.1. The second kappa shape index (κ2) is 6.61. The first kappa shape index (κ1) is 17.3. The highest BCUT2D eigenvalue weighted by Crippen LogP contribution is 2.21. The van der Waals surface area contributed by atoms with E-state index in [2.05, 4.69) is 0 Å². The second-order valence-electron chi connectivity index (χ2n) is 5.26. The van der Waals surface area contributed by atoms with Crippen LogP contribution in [0.2, 0.25) is 0 Å². The van der Waals surface area contributed by atoms with Gasteiger partial charge in [-0.2, -0.15) is 8.78 Å². The van der Waals surface area contributed by atoms with Gasteiger partial charge in [-0.15, -0.1) is 0 Å². The van der Waals surface area contributed by atoms with Crippen molar-refractivity contribution in [2.75, 3.05) is 13.1 Å². The number of carboxylic acid groups (broad SMARTS) is 1. The SMILES string of the molecule is O=C(O)C1CCCN(C(=O)c2ccc(S(=O)(=O)C(F)F)cc2)C1. The first-order chi connectivity index (χ1) is 10.7. The Bertz CT molecular complexity index is 702. The van der Waals surface area contributed by atoms with E-state index in [9.17, 15) is 26.8 Å². The molecule has 1 aromatic rings. The van der Waals surface area contributed by atoms with Crippen molar-refractivity contribution in [1.82, 2.24) is 4.90 Å². The van der Waals surface area contributed by atoms with E-state index in [4.69, 9.17) is 5.11 Å². The van der Waals surface area contributed by atoms with Gasteiger partial charge >= 0.3 is 11.7 Å². The minimum absolute atomic E-state index is 0.0747. The monoisotopic (exact) mass is 347 g/mol. The van der Waals surface area contributed by atoms with Crippen LogP contribution in [0.4, 0.5) is 8.78 Å². The van der Waals surface area contributed by atoms with Gasteiger partial charge < -0.3 is 10.0 Å². The summed E-state index contributed by atoms with van der Waals surface area (Å²) in [5.74, 6) is -5.58. The fourth-order valence-electron chi connectivity index (χ4n) is 2.44. The molecule has 9 heteroatoms. The summed E-state index contributed by atoms with van der Waals surface area (Å²) >= 11 is 0. The van der Waals surface area contributed by atoms with Gasteiger partial charge in [0.15, 0.2) is 0 Å². The lowest BCUT2D eigenvalue weighted by Crippen LogP contribution is -2.42. The molecule has 23 heavy (non-hydrogen) atoms. The molecule has 1 N–H and O–H groups in total. The fraction of sp³-hybridized carbons (Fsp3) is 0.429. The fourth-order valence-corrected chi connectivity index (χ4v) is 3.16. The van der Waals surface area contributed by atoms with E-state index in [0.29, 0.717) is 19.4 Å². The van der Waals surface area contributed by atoms with E-state index in [1.54, 1.807) is 0 Å². The smallest absolute Gasteiger partial charge is 0.341 e. The van der Waals surface area contributed by atoms with Crippen LogP contribution in [0.15, 0.2) is 29.2 Å². The third kappa shape index (κ3) is 3.66. The first-order valence-corrected chi connectivity index (χ1v) is 8.42. The number of alkyl halides is 2. The molecule has 1 heterocycles. The average molecular weight is 347 g/mol. The van der Waals surface area contributed by atoms with E-state index < -0.39 is 38.3 Å². The highest BCUT2D eigenvalue weighted by Gasteiger charge is 2.30. The van der Waals surface area contributed by atoms with Gasteiger partial charge in [0.1, 0.15) is 0 Å². The zero-order chi connectivity index (χ0) is 17.2. The summed E-state index contributed by atoms with van der Waals surface area (Å²) in [5.41, 5.74) is 0.129. The lowest BCUT2D eigenvalue weighted by atomic mass is 9.97. The summed E-state index contributed by atoms with van der Waals surface area (Å²) in [7, 11) is -4.70. The van der Waals surface area contributed by atoms with E-state index in [1.165, 1.54) is 4.90 Å². The molecule has 1 atom stereocenters. The Morgan fingerprint density at radius 3 is 2.35 bits per heavy atom. The average Bonchev–Trinajstić information content (AvgIpc) is 2.54. The molecule has 1 aromatic carbocycles. The van der Waals surface area contributed by atoms with Crippen molar-refractivity contribution in [3.8, 4) is 0 Å². The predicted octanol–water partition coefficient (Wildman–Crippen LogP) is 1.62. The normalized spacial score (nSPS) is 18.9. The molecule has 6 nitrogen and oxygen atoms in total. The zero-order valence-corrected chi connectivity index (χ0v) is 12.8. The topological polar surface area (TPSA) is 91.8 Å². The number of halogens is 2. The van der Waals surface area contributed by atoms with E-state index in [1.807, 2.05) is 0 Å². The van der Waals surface area contributed by atoms with Crippen LogP contribution in [-0.4, -0.2) is 49.1 Å². The first-order valence-electron chi connectivity index (χ1n) is 6.87. The summed E-state index contributed by atoms with van der Waals surface area (Å²) < 4.78 is 47.5. The number of benzene rings is 1. The quantitative estimate of drug-likeness (QED) is 0.894. The predicted molar refractivity (Wildman–Crippen MR) is 75.9 cm³/mol. The lowest BCUT2D eigenvalue weighted by molar-refractivity contribution is -0.143. The van der Waals surface area contributed by atoms with E-state index in [0.717, 1.165) is 24.3 Å². The molecule has 0 radical (unpaired) electrons. The van der Waals surface area contributed by atoms with Gasteiger partial charge in [0.25, 0.3) is 5.91 Å². The Labute approximate surface area is 131 Å². The van der Waals surface area contributed by atoms with Crippen LogP contribution in [0.25, 0.3) is 0 Å². The van der Waals surface area contributed by atoms with E-state index >= 15 is 0 Å². The largest absolute Gasteiger partial charge is 0.481 e. The number of carboxylic acids is 1. The van der Waals surface area contributed by atoms with Crippen molar-refractivity contribution in [2.24, 2.45) is 5.92 Å². The molecule has 0 aliphatic carbocycles. The molecule has 126 valence electrons. The third-order valence-electron chi connectivity index (χ3n) is 3.72. The van der Waals surface area contributed by atoms with Crippen LogP contribution in [0.5, 0.6) is 0 Å². The zero-order valence-electron chi connectivity index (χ0n) is 12.0. The molecular formula is C14H15F2NO5S. The molecule has 1 aliphatic rings. The number of piperidine rings is 1. The molecule has 1 aliphatic heterocycles. The van der Waals surface area contributed by atoms with Crippen LogP contribution < -0.4 is 0 Å². The summed E-state index contributed by atoms with van der Waals surface area (Å²) in [6, 6.07) is 4.21. The molecule has 0 bridgehead atoms. The van der Waals surface area contributed by atoms with Gasteiger partial charge in [-0.25, -0.2) is 8.42 Å². The van der Waals surface area contributed by atoms with Crippen LogP contribution in [0.1, 0.15) is 23.2 Å². The van der Waals surface area contributed by atoms with E-state index in [-0.39, 0.29) is 12.1 Å². The Morgan fingerprint density at radius 1 is 1.22 bits per heavy atom. The Morgan fingerprint density at radius 2 is 1.83 bits per heavy atom. The van der Waals surface area contributed by atoms with Gasteiger partial charge in [0.2, 0.25) is 9.84 Å². The lowest BCUT2D eigenvalue weighted by Gasteiger charge is -2.30. The van der Waals surface area contributed by atoms with Crippen LogP contribution in [-0.2, 0) is 14.6 Å². The third-order valence-corrected chi connectivity index (χ3v) is 5.12. The number of amides is 1. The van der Waals surface area contributed by atoms with Gasteiger partial charge in [-0.3, -0.25) is 9.59 Å². The number of carbonyl (C=O) groups excluding carboxylic acids is 1. The summed E-state index contributed by atoms with van der Waals surface area (Å²) in [6.07, 6.45) is 1.05. The molecule has 1 saturated heterocycles. The van der Waals surface area contributed by atoms with Gasteiger partial charge in [-0.05, 0) is 37.1 Å². The second-order valence-corrected chi connectivity index (χ2v) is 7.18. The van der Waals surface area contributed by atoms with Gasteiger partial charge in [-0.1, -0.05) is 0 Å². The number of carbonyl (C=O) groups is 2. The number of hydrogen-bond donors (Lipinski definition) is 1. The van der Waals surface area contributed by atoms with Gasteiger partial charge in [0.05, 0.1) is 10.8 Å². The molecular weight excluding hydrogens is 332 g/mol. The maximum absolute atomic E-state index is 12.4. The highest BCUT2D eigenvalue weighted by molar-refractivity contribution is 7.91. The van der Waals surface area contributed by atoms with Crippen molar-refractivity contribution in [1.29, 1.82) is 0 Å². The van der Waals surface area contributed by atoms with Crippen molar-refractivity contribution in [3.05, 3.63) is 29.8 Å². The molecule has 2 rings (SSSR count). The molecule has 0 saturated carbocycles. The number of sulfone groups is 1.